The first-order valence-electron chi connectivity index (χ1n) is 9.38. The minimum atomic E-state index is -4.43. The molecule has 4 rings (SSSR count). The van der Waals surface area contributed by atoms with Crippen molar-refractivity contribution in [2.45, 2.75) is 17.9 Å². The van der Waals surface area contributed by atoms with E-state index in [-0.39, 0.29) is 22.6 Å². The third kappa shape index (κ3) is 4.76. The zero-order chi connectivity index (χ0) is 21.1. The van der Waals surface area contributed by atoms with Gasteiger partial charge in [0.1, 0.15) is 6.54 Å². The SMILES string of the molecule is O=C(CSc1nnc(N2CCOCC2)n1CC(F)(F)F)c1ccc2ccccc2c1. The molecule has 0 amide bonds. The molecule has 158 valence electrons. The van der Waals surface area contributed by atoms with Crippen LogP contribution < -0.4 is 4.90 Å². The third-order valence-corrected chi connectivity index (χ3v) is 5.70. The number of Topliss-reactive ketones (excluding diaryl/α,β-unsaturated/α-hetero) is 1. The smallest absolute Gasteiger partial charge is 0.378 e. The fraction of sp³-hybridized carbons (Fsp3) is 0.350. The molecule has 1 fully saturated rings. The number of alkyl halides is 3. The molecule has 0 aliphatic carbocycles. The number of morpholine rings is 1. The standard InChI is InChI=1S/C20H19F3N4O2S/c21-20(22,23)13-27-18(26-7-9-29-10-8-26)24-25-19(27)30-12-17(28)16-6-5-14-3-1-2-4-15(14)11-16/h1-6,11H,7-10,12-13H2. The predicted octanol–water partition coefficient (Wildman–Crippen LogP) is 3.81. The number of rotatable bonds is 6. The number of aromatic nitrogens is 3. The molecule has 0 unspecified atom stereocenters. The Bertz CT molecular complexity index is 1050. The lowest BCUT2D eigenvalue weighted by Crippen LogP contribution is -2.38. The van der Waals surface area contributed by atoms with Crippen molar-refractivity contribution in [1.82, 2.24) is 14.8 Å². The minimum absolute atomic E-state index is 0.0303. The molecule has 0 atom stereocenters. The summed E-state index contributed by atoms with van der Waals surface area (Å²) in [7, 11) is 0. The van der Waals surface area contributed by atoms with Gasteiger partial charge in [0, 0.05) is 18.7 Å². The predicted molar refractivity (Wildman–Crippen MR) is 108 cm³/mol. The van der Waals surface area contributed by atoms with Crippen molar-refractivity contribution in [2.75, 3.05) is 37.0 Å². The Labute approximate surface area is 175 Å². The summed E-state index contributed by atoms with van der Waals surface area (Å²) in [5.74, 6) is -0.0613. The highest BCUT2D eigenvalue weighted by atomic mass is 32.2. The van der Waals surface area contributed by atoms with Gasteiger partial charge >= 0.3 is 6.18 Å². The van der Waals surface area contributed by atoms with E-state index in [2.05, 4.69) is 10.2 Å². The van der Waals surface area contributed by atoms with Crippen LogP contribution in [0.5, 0.6) is 0 Å². The van der Waals surface area contributed by atoms with Crippen molar-refractivity contribution >= 4 is 34.3 Å². The summed E-state index contributed by atoms with van der Waals surface area (Å²) in [6.45, 7) is 0.510. The molecule has 1 aromatic heterocycles. The number of hydrogen-bond acceptors (Lipinski definition) is 6. The Morgan fingerprint density at radius 2 is 1.80 bits per heavy atom. The molecule has 0 N–H and O–H groups in total. The van der Waals surface area contributed by atoms with E-state index in [0.717, 1.165) is 27.1 Å². The number of thioether (sulfide) groups is 1. The second-order valence-corrected chi connectivity index (χ2v) is 7.80. The molecule has 1 saturated heterocycles. The highest BCUT2D eigenvalue weighted by Gasteiger charge is 2.33. The summed E-state index contributed by atoms with van der Waals surface area (Å²) in [4.78, 5) is 14.4. The van der Waals surface area contributed by atoms with Crippen molar-refractivity contribution in [3.63, 3.8) is 0 Å². The van der Waals surface area contributed by atoms with E-state index >= 15 is 0 Å². The molecule has 2 heterocycles. The molecule has 0 saturated carbocycles. The van der Waals surface area contributed by atoms with E-state index in [0.29, 0.717) is 31.9 Å². The van der Waals surface area contributed by atoms with Crippen LogP contribution in [0.25, 0.3) is 10.8 Å². The molecule has 0 bridgehead atoms. The molecule has 10 heteroatoms. The van der Waals surface area contributed by atoms with Gasteiger partial charge in [-0.1, -0.05) is 48.2 Å². The lowest BCUT2D eigenvalue weighted by Gasteiger charge is -2.28. The van der Waals surface area contributed by atoms with Gasteiger partial charge in [0.2, 0.25) is 5.95 Å². The van der Waals surface area contributed by atoms with Crippen LogP contribution in [-0.4, -0.2) is 58.8 Å². The van der Waals surface area contributed by atoms with Gasteiger partial charge in [-0.25, -0.2) is 0 Å². The Morgan fingerprint density at radius 3 is 2.53 bits per heavy atom. The van der Waals surface area contributed by atoms with Gasteiger partial charge in [0.15, 0.2) is 10.9 Å². The van der Waals surface area contributed by atoms with Gasteiger partial charge in [-0.05, 0) is 16.8 Å². The van der Waals surface area contributed by atoms with Crippen molar-refractivity contribution in [3.8, 4) is 0 Å². The third-order valence-electron chi connectivity index (χ3n) is 4.73. The number of fused-ring (bicyclic) bond motifs is 1. The van der Waals surface area contributed by atoms with Crippen LogP contribution in [0.1, 0.15) is 10.4 Å². The van der Waals surface area contributed by atoms with E-state index < -0.39 is 12.7 Å². The number of ketones is 1. The second-order valence-electron chi connectivity index (χ2n) is 6.86. The van der Waals surface area contributed by atoms with Crippen molar-refractivity contribution < 1.29 is 22.7 Å². The molecule has 30 heavy (non-hydrogen) atoms. The van der Waals surface area contributed by atoms with Crippen LogP contribution in [-0.2, 0) is 11.3 Å². The Balaban J connectivity index is 1.52. The fourth-order valence-corrected chi connectivity index (χ4v) is 4.11. The van der Waals surface area contributed by atoms with Gasteiger partial charge in [-0.15, -0.1) is 10.2 Å². The Morgan fingerprint density at radius 1 is 1.07 bits per heavy atom. The lowest BCUT2D eigenvalue weighted by atomic mass is 10.1. The van der Waals surface area contributed by atoms with Crippen molar-refractivity contribution in [2.24, 2.45) is 0 Å². The molecular weight excluding hydrogens is 417 g/mol. The fourth-order valence-electron chi connectivity index (χ4n) is 3.28. The van der Waals surface area contributed by atoms with E-state index in [4.69, 9.17) is 4.74 Å². The van der Waals surface area contributed by atoms with Crippen LogP contribution in [0, 0.1) is 0 Å². The lowest BCUT2D eigenvalue weighted by molar-refractivity contribution is -0.141. The van der Waals surface area contributed by atoms with Gasteiger partial charge in [0.05, 0.1) is 19.0 Å². The zero-order valence-electron chi connectivity index (χ0n) is 15.9. The number of benzene rings is 2. The van der Waals surface area contributed by atoms with Gasteiger partial charge in [-0.3, -0.25) is 9.36 Å². The number of carbonyl (C=O) groups excluding carboxylic acids is 1. The van der Waals surface area contributed by atoms with E-state index in [1.165, 1.54) is 0 Å². The van der Waals surface area contributed by atoms with Crippen molar-refractivity contribution in [3.05, 3.63) is 48.0 Å². The monoisotopic (exact) mass is 436 g/mol. The van der Waals surface area contributed by atoms with E-state index in [1.54, 1.807) is 17.0 Å². The molecule has 0 radical (unpaired) electrons. The molecule has 2 aromatic carbocycles. The van der Waals surface area contributed by atoms with Crippen LogP contribution in [0.2, 0.25) is 0 Å². The first-order valence-corrected chi connectivity index (χ1v) is 10.4. The van der Waals surface area contributed by atoms with Crippen LogP contribution in [0.4, 0.5) is 19.1 Å². The van der Waals surface area contributed by atoms with Gasteiger partial charge < -0.3 is 9.64 Å². The minimum Gasteiger partial charge on any atom is -0.378 e. The summed E-state index contributed by atoms with van der Waals surface area (Å²) >= 11 is 0.963. The van der Waals surface area contributed by atoms with Gasteiger partial charge in [0.25, 0.3) is 0 Å². The molecule has 1 aliphatic heterocycles. The quantitative estimate of drug-likeness (QED) is 0.433. The zero-order valence-corrected chi connectivity index (χ0v) is 16.7. The van der Waals surface area contributed by atoms with Crippen molar-refractivity contribution in [1.29, 1.82) is 0 Å². The first kappa shape index (κ1) is 20.7. The summed E-state index contributed by atoms with van der Waals surface area (Å²) in [6.07, 6.45) is -4.43. The normalized spacial score (nSPS) is 15.0. The second kappa shape index (κ2) is 8.65. The van der Waals surface area contributed by atoms with Gasteiger partial charge in [-0.2, -0.15) is 13.2 Å². The molecular formula is C20H19F3N4O2S. The van der Waals surface area contributed by atoms with Crippen LogP contribution >= 0.6 is 11.8 Å². The highest BCUT2D eigenvalue weighted by Crippen LogP contribution is 2.28. The number of carbonyl (C=O) groups is 1. The number of hydrogen-bond donors (Lipinski definition) is 0. The summed E-state index contributed by atoms with van der Waals surface area (Å²) < 4.78 is 45.8. The Hall–Kier alpha value is -2.59. The molecule has 0 spiro atoms. The molecule has 3 aromatic rings. The average Bonchev–Trinajstić information content (AvgIpc) is 3.13. The number of ether oxygens (including phenoxy) is 1. The summed E-state index contributed by atoms with van der Waals surface area (Å²) in [5, 5.41) is 9.92. The summed E-state index contributed by atoms with van der Waals surface area (Å²) in [6, 6.07) is 13.0. The van der Waals surface area contributed by atoms with Crippen LogP contribution in [0.3, 0.4) is 0 Å². The summed E-state index contributed by atoms with van der Waals surface area (Å²) in [5.41, 5.74) is 0.511. The molecule has 1 aliphatic rings. The first-order chi connectivity index (χ1) is 14.4. The van der Waals surface area contributed by atoms with Crippen LogP contribution in [0.15, 0.2) is 47.6 Å². The maximum absolute atomic E-state index is 13.2. The highest BCUT2D eigenvalue weighted by molar-refractivity contribution is 7.99. The topological polar surface area (TPSA) is 60.3 Å². The average molecular weight is 436 g/mol. The number of anilines is 1. The van der Waals surface area contributed by atoms with E-state index in [1.807, 2.05) is 30.3 Å². The molecule has 6 nitrogen and oxygen atoms in total. The van der Waals surface area contributed by atoms with E-state index in [9.17, 15) is 18.0 Å². The maximum atomic E-state index is 13.2. The number of halogens is 3. The Kier molecular flexibility index (Phi) is 5.96. The maximum Gasteiger partial charge on any atom is 0.406 e. The number of nitrogens with zero attached hydrogens (tertiary/aromatic N) is 4. The largest absolute Gasteiger partial charge is 0.406 e.